The molecule has 7 heteroatoms. The molecular weight excluding hydrogens is 220 g/mol. The van der Waals surface area contributed by atoms with Crippen LogP contribution in [-0.2, 0) is 17.5 Å². The fraction of sp³-hybridized carbons (Fsp3) is 0.375. The van der Waals surface area contributed by atoms with Crippen molar-refractivity contribution in [1.29, 1.82) is 0 Å². The van der Waals surface area contributed by atoms with Gasteiger partial charge in [-0.05, 0) is 13.0 Å². The molecule has 1 unspecified atom stereocenters. The number of hydrogen-bond donors (Lipinski definition) is 1. The molecule has 1 atom stereocenters. The van der Waals surface area contributed by atoms with Gasteiger partial charge in [0.2, 0.25) is 0 Å². The van der Waals surface area contributed by atoms with Crippen molar-refractivity contribution in [2.75, 3.05) is 5.75 Å². The van der Waals surface area contributed by atoms with Crippen LogP contribution in [0.25, 0.3) is 0 Å². The van der Waals surface area contributed by atoms with Crippen LogP contribution < -0.4 is 0 Å². The van der Waals surface area contributed by atoms with Crippen molar-refractivity contribution in [3.05, 3.63) is 33.6 Å². The number of aromatic nitrogens is 1. The standard InChI is InChI=1S/C8H10N2O4S/c1-6-8(10(11)12)3-2-7(9-6)4-5-15(13)14/h2-3H,4-5H2,1H3,(H,13,14). The fourth-order valence-corrected chi connectivity index (χ4v) is 1.51. The van der Waals surface area contributed by atoms with Crippen molar-refractivity contribution < 1.29 is 13.7 Å². The molecule has 1 rings (SSSR count). The zero-order valence-corrected chi connectivity index (χ0v) is 8.86. The van der Waals surface area contributed by atoms with Crippen molar-refractivity contribution >= 4 is 16.8 Å². The van der Waals surface area contributed by atoms with Crippen LogP contribution in [0, 0.1) is 17.0 Å². The fourth-order valence-electron chi connectivity index (χ4n) is 1.13. The minimum absolute atomic E-state index is 0.0381. The summed E-state index contributed by atoms with van der Waals surface area (Å²) in [7, 11) is 0. The normalized spacial score (nSPS) is 12.4. The van der Waals surface area contributed by atoms with E-state index in [0.717, 1.165) is 0 Å². The van der Waals surface area contributed by atoms with Crippen LogP contribution in [0.3, 0.4) is 0 Å². The average molecular weight is 230 g/mol. The highest BCUT2D eigenvalue weighted by Gasteiger charge is 2.11. The third kappa shape index (κ3) is 3.37. The Hall–Kier alpha value is -1.34. The number of nitro groups is 1. The van der Waals surface area contributed by atoms with E-state index >= 15 is 0 Å². The second-order valence-electron chi connectivity index (χ2n) is 2.94. The number of nitrogens with zero attached hydrogens (tertiary/aromatic N) is 2. The summed E-state index contributed by atoms with van der Waals surface area (Å²) in [5, 5.41) is 10.5. The maximum absolute atomic E-state index is 10.5. The molecule has 0 saturated carbocycles. The summed E-state index contributed by atoms with van der Waals surface area (Å²) >= 11 is -1.86. The predicted octanol–water partition coefficient (Wildman–Crippen LogP) is 1.06. The van der Waals surface area contributed by atoms with Crippen LogP contribution >= 0.6 is 0 Å². The van der Waals surface area contributed by atoms with E-state index in [0.29, 0.717) is 17.8 Å². The van der Waals surface area contributed by atoms with E-state index in [1.165, 1.54) is 19.1 Å². The molecule has 1 heterocycles. The highest BCUT2D eigenvalue weighted by atomic mass is 32.2. The Balaban J connectivity index is 2.82. The molecule has 0 aliphatic carbocycles. The van der Waals surface area contributed by atoms with Gasteiger partial charge in [-0.3, -0.25) is 15.1 Å². The van der Waals surface area contributed by atoms with E-state index < -0.39 is 16.0 Å². The highest BCUT2D eigenvalue weighted by Crippen LogP contribution is 2.15. The number of hydrogen-bond acceptors (Lipinski definition) is 4. The molecule has 1 N–H and O–H groups in total. The van der Waals surface area contributed by atoms with E-state index in [4.69, 9.17) is 4.55 Å². The van der Waals surface area contributed by atoms with Crippen LogP contribution in [0.1, 0.15) is 11.4 Å². The van der Waals surface area contributed by atoms with Gasteiger partial charge in [0.25, 0.3) is 5.69 Å². The van der Waals surface area contributed by atoms with Crippen molar-refractivity contribution in [2.24, 2.45) is 0 Å². The van der Waals surface area contributed by atoms with E-state index in [9.17, 15) is 14.3 Å². The van der Waals surface area contributed by atoms with Gasteiger partial charge in [0, 0.05) is 18.2 Å². The average Bonchev–Trinajstić information content (AvgIpc) is 2.14. The first-order valence-electron chi connectivity index (χ1n) is 4.19. The lowest BCUT2D eigenvalue weighted by molar-refractivity contribution is -0.385. The zero-order valence-electron chi connectivity index (χ0n) is 8.04. The molecule has 0 amide bonds. The SMILES string of the molecule is Cc1nc(CCS(=O)O)ccc1[N+](=O)[O-]. The van der Waals surface area contributed by atoms with E-state index in [1.54, 1.807) is 0 Å². The molecule has 0 bridgehead atoms. The topological polar surface area (TPSA) is 93.3 Å². The molecule has 0 spiro atoms. The lowest BCUT2D eigenvalue weighted by Gasteiger charge is -2.00. The zero-order chi connectivity index (χ0) is 11.4. The smallest absolute Gasteiger partial charge is 0.290 e. The quantitative estimate of drug-likeness (QED) is 0.474. The summed E-state index contributed by atoms with van der Waals surface area (Å²) in [6.45, 7) is 1.54. The van der Waals surface area contributed by atoms with Gasteiger partial charge in [0.15, 0.2) is 11.1 Å². The van der Waals surface area contributed by atoms with Crippen molar-refractivity contribution in [2.45, 2.75) is 13.3 Å². The first-order chi connectivity index (χ1) is 7.00. The Kier molecular flexibility index (Phi) is 3.87. The minimum Gasteiger partial charge on any atom is -0.306 e. The van der Waals surface area contributed by atoms with Gasteiger partial charge in [0.05, 0.1) is 10.7 Å². The van der Waals surface area contributed by atoms with Crippen molar-refractivity contribution in [3.63, 3.8) is 0 Å². The van der Waals surface area contributed by atoms with Crippen molar-refractivity contribution in [3.8, 4) is 0 Å². The van der Waals surface area contributed by atoms with Crippen LogP contribution in [-0.4, -0.2) is 24.4 Å². The van der Waals surface area contributed by atoms with E-state index in [1.807, 2.05) is 0 Å². The van der Waals surface area contributed by atoms with Gasteiger partial charge < -0.3 is 4.55 Å². The molecule has 0 radical (unpaired) electrons. The lowest BCUT2D eigenvalue weighted by atomic mass is 10.2. The first kappa shape index (κ1) is 11.7. The van der Waals surface area contributed by atoms with Crippen LogP contribution in [0.2, 0.25) is 0 Å². The maximum Gasteiger partial charge on any atom is 0.290 e. The summed E-state index contributed by atoms with van der Waals surface area (Å²) in [4.78, 5) is 14.0. The molecule has 82 valence electrons. The van der Waals surface area contributed by atoms with Crippen molar-refractivity contribution in [1.82, 2.24) is 4.98 Å². The summed E-state index contributed by atoms with van der Waals surface area (Å²) in [5.74, 6) is 0.0876. The Morgan fingerprint density at radius 2 is 2.27 bits per heavy atom. The van der Waals surface area contributed by atoms with Gasteiger partial charge in [-0.25, -0.2) is 4.21 Å². The summed E-state index contributed by atoms with van der Waals surface area (Å²) < 4.78 is 19.0. The summed E-state index contributed by atoms with van der Waals surface area (Å²) in [5.41, 5.74) is 0.866. The monoisotopic (exact) mass is 230 g/mol. The molecule has 0 aliphatic rings. The molecular formula is C8H10N2O4S. The van der Waals surface area contributed by atoms with Crippen LogP contribution in [0.4, 0.5) is 5.69 Å². The van der Waals surface area contributed by atoms with E-state index in [2.05, 4.69) is 4.98 Å². The Morgan fingerprint density at radius 1 is 1.60 bits per heavy atom. The van der Waals surface area contributed by atoms with Gasteiger partial charge >= 0.3 is 0 Å². The number of pyridine rings is 1. The molecule has 6 nitrogen and oxygen atoms in total. The molecule has 0 aromatic carbocycles. The van der Waals surface area contributed by atoms with Crippen LogP contribution in [0.5, 0.6) is 0 Å². The third-order valence-electron chi connectivity index (χ3n) is 1.85. The highest BCUT2D eigenvalue weighted by molar-refractivity contribution is 7.79. The molecule has 0 aliphatic heterocycles. The van der Waals surface area contributed by atoms with Gasteiger partial charge in [-0.15, -0.1) is 0 Å². The molecule has 1 aromatic rings. The first-order valence-corrected chi connectivity index (χ1v) is 5.46. The summed E-state index contributed by atoms with van der Waals surface area (Å²) in [6.07, 6.45) is 0.335. The second-order valence-corrected chi connectivity index (χ2v) is 3.99. The van der Waals surface area contributed by atoms with Gasteiger partial charge in [0.1, 0.15) is 5.69 Å². The van der Waals surface area contributed by atoms with E-state index in [-0.39, 0.29) is 11.4 Å². The molecule has 0 fully saturated rings. The largest absolute Gasteiger partial charge is 0.306 e. The molecule has 15 heavy (non-hydrogen) atoms. The van der Waals surface area contributed by atoms with Gasteiger partial charge in [-0.1, -0.05) is 0 Å². The summed E-state index contributed by atoms with van der Waals surface area (Å²) in [6, 6.07) is 2.86. The molecule has 0 saturated heterocycles. The second kappa shape index (κ2) is 4.94. The third-order valence-corrected chi connectivity index (χ3v) is 2.40. The van der Waals surface area contributed by atoms with Gasteiger partial charge in [-0.2, -0.15) is 0 Å². The Morgan fingerprint density at radius 3 is 2.73 bits per heavy atom. The molecule has 1 aromatic heterocycles. The predicted molar refractivity (Wildman–Crippen MR) is 55.0 cm³/mol. The van der Waals surface area contributed by atoms with Crippen LogP contribution in [0.15, 0.2) is 12.1 Å². The maximum atomic E-state index is 10.5. The lowest BCUT2D eigenvalue weighted by Crippen LogP contribution is -2.03. The Labute approximate surface area is 88.8 Å². The number of rotatable bonds is 4. The Bertz CT molecular complexity index is 408. The number of aryl methyl sites for hydroxylation is 2. The minimum atomic E-state index is -1.86.